The van der Waals surface area contributed by atoms with Crippen LogP contribution in [0, 0.1) is 10.5 Å². The van der Waals surface area contributed by atoms with Gasteiger partial charge in [-0.15, -0.1) is 0 Å². The van der Waals surface area contributed by atoms with E-state index in [0.717, 1.165) is 13.4 Å². The Morgan fingerprint density at radius 1 is 0.967 bits per heavy atom. The minimum absolute atomic E-state index is 0.117. The molecule has 0 unspecified atom stereocenters. The maximum absolute atomic E-state index is 13.3. The van der Waals surface area contributed by atoms with Gasteiger partial charge in [-0.3, -0.25) is 9.10 Å². The molecule has 0 aliphatic heterocycles. The fourth-order valence-electron chi connectivity index (χ4n) is 2.77. The summed E-state index contributed by atoms with van der Waals surface area (Å²) in [6.45, 7) is 1.51. The molecule has 0 saturated carbocycles. The standard InChI is InChI=1S/C22H21IN2O4S/c1-16-3-13-21(14-4-16)30(27,28)25(19-9-11-20(29-2)12-10-19)15-22(26)24-18-7-5-17(23)6-8-18/h3-14H,15H2,1-2H3,(H,24,26). The number of carbonyl (C=O) groups is 1. The van der Waals surface area contributed by atoms with Crippen LogP contribution in [0.3, 0.4) is 0 Å². The average molecular weight is 536 g/mol. The Balaban J connectivity index is 1.93. The van der Waals surface area contributed by atoms with Crippen molar-refractivity contribution in [1.29, 1.82) is 0 Å². The molecule has 0 aliphatic rings. The first-order valence-corrected chi connectivity index (χ1v) is 11.6. The van der Waals surface area contributed by atoms with Gasteiger partial charge >= 0.3 is 0 Å². The van der Waals surface area contributed by atoms with E-state index in [1.165, 1.54) is 19.2 Å². The van der Waals surface area contributed by atoms with E-state index in [9.17, 15) is 13.2 Å². The molecule has 0 atom stereocenters. The van der Waals surface area contributed by atoms with Crippen molar-refractivity contribution in [2.24, 2.45) is 0 Å². The lowest BCUT2D eigenvalue weighted by Crippen LogP contribution is -2.38. The van der Waals surface area contributed by atoms with Crippen LogP contribution in [-0.4, -0.2) is 28.0 Å². The average Bonchev–Trinajstić information content (AvgIpc) is 2.74. The number of halogens is 1. The Morgan fingerprint density at radius 2 is 1.57 bits per heavy atom. The summed E-state index contributed by atoms with van der Waals surface area (Å²) < 4.78 is 34.0. The number of benzene rings is 3. The highest BCUT2D eigenvalue weighted by atomic mass is 127. The van der Waals surface area contributed by atoms with Crippen molar-refractivity contribution in [2.75, 3.05) is 23.3 Å². The molecule has 6 nitrogen and oxygen atoms in total. The molecule has 0 fully saturated rings. The van der Waals surface area contributed by atoms with E-state index >= 15 is 0 Å². The fourth-order valence-corrected chi connectivity index (χ4v) is 4.55. The van der Waals surface area contributed by atoms with Gasteiger partial charge in [0.2, 0.25) is 5.91 Å². The van der Waals surface area contributed by atoms with Crippen LogP contribution < -0.4 is 14.4 Å². The number of ether oxygens (including phenoxy) is 1. The number of rotatable bonds is 7. The Morgan fingerprint density at radius 3 is 2.13 bits per heavy atom. The zero-order chi connectivity index (χ0) is 21.7. The van der Waals surface area contributed by atoms with Crippen LogP contribution in [0.2, 0.25) is 0 Å². The molecule has 3 aromatic rings. The number of sulfonamides is 1. The zero-order valence-electron chi connectivity index (χ0n) is 16.5. The van der Waals surface area contributed by atoms with Crippen molar-refractivity contribution in [2.45, 2.75) is 11.8 Å². The molecule has 0 bridgehead atoms. The van der Waals surface area contributed by atoms with Crippen molar-refractivity contribution < 1.29 is 17.9 Å². The highest BCUT2D eigenvalue weighted by molar-refractivity contribution is 14.1. The number of aryl methyl sites for hydroxylation is 1. The second kappa shape index (κ2) is 9.48. The molecule has 1 N–H and O–H groups in total. The summed E-state index contributed by atoms with van der Waals surface area (Å²) in [5.74, 6) is 0.150. The van der Waals surface area contributed by atoms with Crippen molar-refractivity contribution in [3.05, 3.63) is 81.9 Å². The summed E-state index contributed by atoms with van der Waals surface area (Å²) in [5, 5.41) is 2.75. The van der Waals surface area contributed by atoms with E-state index in [1.54, 1.807) is 48.5 Å². The maximum atomic E-state index is 13.3. The largest absolute Gasteiger partial charge is 0.497 e. The van der Waals surface area contributed by atoms with Crippen LogP contribution in [0.15, 0.2) is 77.7 Å². The maximum Gasteiger partial charge on any atom is 0.264 e. The Labute approximate surface area is 190 Å². The van der Waals surface area contributed by atoms with Crippen molar-refractivity contribution in [1.82, 2.24) is 0 Å². The summed E-state index contributed by atoms with van der Waals surface area (Å²) in [6.07, 6.45) is 0. The lowest BCUT2D eigenvalue weighted by atomic mass is 10.2. The SMILES string of the molecule is COc1ccc(N(CC(=O)Nc2ccc(I)cc2)S(=O)(=O)c2ccc(C)cc2)cc1. The first-order chi connectivity index (χ1) is 14.3. The predicted molar refractivity (Wildman–Crippen MR) is 126 cm³/mol. The molecule has 156 valence electrons. The van der Waals surface area contributed by atoms with Crippen molar-refractivity contribution in [3.8, 4) is 5.75 Å². The summed E-state index contributed by atoms with van der Waals surface area (Å²) in [5.41, 5.74) is 1.92. The smallest absolute Gasteiger partial charge is 0.264 e. The molecule has 8 heteroatoms. The fraction of sp³-hybridized carbons (Fsp3) is 0.136. The van der Waals surface area contributed by atoms with Crippen LogP contribution >= 0.6 is 22.6 Å². The third-order valence-electron chi connectivity index (χ3n) is 4.38. The highest BCUT2D eigenvalue weighted by Gasteiger charge is 2.27. The molecular formula is C22H21IN2O4S. The lowest BCUT2D eigenvalue weighted by Gasteiger charge is -2.24. The number of hydrogen-bond donors (Lipinski definition) is 1. The van der Waals surface area contributed by atoms with E-state index in [1.807, 2.05) is 19.1 Å². The summed E-state index contributed by atoms with van der Waals surface area (Å²) in [4.78, 5) is 12.8. The minimum Gasteiger partial charge on any atom is -0.497 e. The molecular weight excluding hydrogens is 515 g/mol. The highest BCUT2D eigenvalue weighted by Crippen LogP contribution is 2.26. The normalized spacial score (nSPS) is 11.0. The monoisotopic (exact) mass is 536 g/mol. The van der Waals surface area contributed by atoms with Gasteiger partial charge in [0.25, 0.3) is 10.0 Å². The van der Waals surface area contributed by atoms with Crippen LogP contribution in [-0.2, 0) is 14.8 Å². The zero-order valence-corrected chi connectivity index (χ0v) is 19.5. The molecule has 0 saturated heterocycles. The van der Waals surface area contributed by atoms with Gasteiger partial charge in [-0.2, -0.15) is 0 Å². The third kappa shape index (κ3) is 5.31. The first kappa shape index (κ1) is 22.1. The van der Waals surface area contributed by atoms with Crippen molar-refractivity contribution in [3.63, 3.8) is 0 Å². The summed E-state index contributed by atoms with van der Waals surface area (Å²) in [7, 11) is -2.42. The van der Waals surface area contributed by atoms with Crippen molar-refractivity contribution >= 4 is 49.9 Å². The van der Waals surface area contributed by atoms with Gasteiger partial charge < -0.3 is 10.1 Å². The summed E-state index contributed by atoms with van der Waals surface area (Å²) >= 11 is 2.17. The topological polar surface area (TPSA) is 75.7 Å². The lowest BCUT2D eigenvalue weighted by molar-refractivity contribution is -0.114. The molecule has 0 aliphatic carbocycles. The Bertz CT molecular complexity index is 1110. The molecule has 3 aromatic carbocycles. The second-order valence-corrected chi connectivity index (χ2v) is 9.69. The van der Waals surface area contributed by atoms with Gasteiger partial charge in [-0.1, -0.05) is 17.7 Å². The van der Waals surface area contributed by atoms with E-state index in [-0.39, 0.29) is 11.4 Å². The molecule has 0 radical (unpaired) electrons. The van der Waals surface area contributed by atoms with Gasteiger partial charge in [0.05, 0.1) is 17.7 Å². The van der Waals surface area contributed by atoms with Gasteiger partial charge in [-0.25, -0.2) is 8.42 Å². The van der Waals surface area contributed by atoms with Crippen LogP contribution in [0.25, 0.3) is 0 Å². The second-order valence-electron chi connectivity index (χ2n) is 6.58. The third-order valence-corrected chi connectivity index (χ3v) is 6.89. The van der Waals surface area contributed by atoms with Gasteiger partial charge in [0.15, 0.2) is 0 Å². The minimum atomic E-state index is -3.95. The predicted octanol–water partition coefficient (Wildman–Crippen LogP) is 4.44. The first-order valence-electron chi connectivity index (χ1n) is 9.08. The molecule has 0 spiro atoms. The molecule has 0 heterocycles. The van der Waals surface area contributed by atoms with Crippen LogP contribution in [0.5, 0.6) is 5.75 Å². The van der Waals surface area contributed by atoms with E-state index in [0.29, 0.717) is 17.1 Å². The molecule has 3 rings (SSSR count). The number of hydrogen-bond acceptors (Lipinski definition) is 4. The molecule has 0 aromatic heterocycles. The van der Waals surface area contributed by atoms with Crippen LogP contribution in [0.4, 0.5) is 11.4 Å². The van der Waals surface area contributed by atoms with Gasteiger partial charge in [0.1, 0.15) is 12.3 Å². The Kier molecular flexibility index (Phi) is 6.99. The number of methoxy groups -OCH3 is 1. The Hall–Kier alpha value is -2.59. The van der Waals surface area contributed by atoms with Crippen LogP contribution in [0.1, 0.15) is 5.56 Å². The van der Waals surface area contributed by atoms with Gasteiger partial charge in [0, 0.05) is 9.26 Å². The number of amides is 1. The van der Waals surface area contributed by atoms with E-state index < -0.39 is 15.9 Å². The van der Waals surface area contributed by atoms with Gasteiger partial charge in [-0.05, 0) is 90.2 Å². The quantitative estimate of drug-likeness (QED) is 0.453. The number of nitrogens with one attached hydrogen (secondary N) is 1. The number of carbonyl (C=O) groups excluding carboxylic acids is 1. The number of nitrogens with zero attached hydrogens (tertiary/aromatic N) is 1. The molecule has 30 heavy (non-hydrogen) atoms. The van der Waals surface area contributed by atoms with E-state index in [2.05, 4.69) is 27.9 Å². The number of anilines is 2. The molecule has 1 amide bonds. The summed E-state index contributed by atoms with van der Waals surface area (Å²) in [6, 6.07) is 20.3. The van der Waals surface area contributed by atoms with E-state index in [4.69, 9.17) is 4.74 Å².